The molecule has 3 aliphatic rings. The summed E-state index contributed by atoms with van der Waals surface area (Å²) >= 11 is 0. The average Bonchev–Trinajstić information content (AvgIpc) is 3.37. The molecule has 1 aromatic rings. The van der Waals surface area contributed by atoms with Gasteiger partial charge in [0, 0.05) is 25.0 Å². The van der Waals surface area contributed by atoms with Gasteiger partial charge in [-0.2, -0.15) is 0 Å². The summed E-state index contributed by atoms with van der Waals surface area (Å²) in [6.07, 6.45) is 7.04. The molecule has 2 aliphatic heterocycles. The highest BCUT2D eigenvalue weighted by Crippen LogP contribution is 2.30. The zero-order valence-electron chi connectivity index (χ0n) is 15.4. The van der Waals surface area contributed by atoms with Gasteiger partial charge in [0.25, 0.3) is 0 Å². The summed E-state index contributed by atoms with van der Waals surface area (Å²) in [5, 5.41) is 6.62. The number of carbonyl (C=O) groups is 2. The summed E-state index contributed by atoms with van der Waals surface area (Å²) < 4.78 is 0. The molecule has 4 rings (SSSR count). The first kappa shape index (κ1) is 17.5. The van der Waals surface area contributed by atoms with Crippen LogP contribution in [0, 0.1) is 5.92 Å². The van der Waals surface area contributed by atoms with Crippen LogP contribution in [0.3, 0.4) is 0 Å². The second-order valence-corrected chi connectivity index (χ2v) is 7.87. The Morgan fingerprint density at radius 1 is 1.12 bits per heavy atom. The number of carbonyl (C=O) groups excluding carboxylic acids is 2. The van der Waals surface area contributed by atoms with Gasteiger partial charge < -0.3 is 15.5 Å². The van der Waals surface area contributed by atoms with Gasteiger partial charge in [0.2, 0.25) is 11.8 Å². The molecule has 1 aliphatic carbocycles. The first-order chi connectivity index (χ1) is 12.7. The zero-order chi connectivity index (χ0) is 17.9. The molecule has 0 bridgehead atoms. The van der Waals surface area contributed by atoms with Crippen LogP contribution < -0.4 is 10.6 Å². The van der Waals surface area contributed by atoms with Gasteiger partial charge in [0.15, 0.2) is 0 Å². The maximum absolute atomic E-state index is 12.8. The number of hydrogen-bond acceptors (Lipinski definition) is 3. The number of benzene rings is 1. The summed E-state index contributed by atoms with van der Waals surface area (Å²) in [5.74, 6) is 0.371. The maximum atomic E-state index is 12.8. The third-order valence-corrected chi connectivity index (χ3v) is 6.24. The van der Waals surface area contributed by atoms with E-state index in [1.165, 1.54) is 11.1 Å². The van der Waals surface area contributed by atoms with Gasteiger partial charge in [-0.15, -0.1) is 0 Å². The number of nitrogens with one attached hydrogen (secondary N) is 2. The van der Waals surface area contributed by atoms with E-state index in [1.807, 2.05) is 4.90 Å². The van der Waals surface area contributed by atoms with Crippen LogP contribution in [0.4, 0.5) is 0 Å². The lowest BCUT2D eigenvalue weighted by molar-refractivity contribution is -0.141. The number of nitrogens with zero attached hydrogens (tertiary/aromatic N) is 1. The third-order valence-electron chi connectivity index (χ3n) is 6.24. The molecule has 2 unspecified atom stereocenters. The van der Waals surface area contributed by atoms with Crippen LogP contribution in [0.5, 0.6) is 0 Å². The standard InChI is InChI=1S/C21H29N3O2/c25-20(19-10-5-13-24(19)21(26)16-7-1-2-8-16)23-14-18-17-9-4-3-6-15(17)11-12-22-18/h3-4,6,9,16,18-19,22H,1-2,5,7-8,10-14H2,(H,23,25). The molecular formula is C21H29N3O2. The predicted octanol–water partition coefficient (Wildman–Crippen LogP) is 2.17. The van der Waals surface area contributed by atoms with E-state index in [0.29, 0.717) is 6.54 Å². The number of amides is 2. The normalized spacial score (nSPS) is 25.9. The monoisotopic (exact) mass is 355 g/mol. The van der Waals surface area contributed by atoms with Gasteiger partial charge in [-0.1, -0.05) is 37.1 Å². The molecule has 26 heavy (non-hydrogen) atoms. The van der Waals surface area contributed by atoms with Crippen molar-refractivity contribution in [2.45, 2.75) is 57.0 Å². The van der Waals surface area contributed by atoms with Crippen molar-refractivity contribution in [2.24, 2.45) is 5.92 Å². The van der Waals surface area contributed by atoms with Crippen LogP contribution in [0.25, 0.3) is 0 Å². The Bertz CT molecular complexity index is 669. The Kier molecular flexibility index (Phi) is 5.25. The fraction of sp³-hybridized carbons (Fsp3) is 0.619. The molecule has 140 valence electrons. The summed E-state index contributed by atoms with van der Waals surface area (Å²) in [4.78, 5) is 27.4. The summed E-state index contributed by atoms with van der Waals surface area (Å²) in [7, 11) is 0. The summed E-state index contributed by atoms with van der Waals surface area (Å²) in [5.41, 5.74) is 2.65. The van der Waals surface area contributed by atoms with Crippen molar-refractivity contribution in [3.8, 4) is 0 Å². The SMILES string of the molecule is O=C(NCC1NCCc2ccccc21)C1CCCN1C(=O)C1CCCC1. The largest absolute Gasteiger partial charge is 0.352 e. The summed E-state index contributed by atoms with van der Waals surface area (Å²) in [6.45, 7) is 2.25. The smallest absolute Gasteiger partial charge is 0.242 e. The van der Waals surface area contributed by atoms with Gasteiger partial charge in [-0.25, -0.2) is 0 Å². The Labute approximate surface area is 155 Å². The molecule has 5 heteroatoms. The Balaban J connectivity index is 1.36. The maximum Gasteiger partial charge on any atom is 0.242 e. The fourth-order valence-electron chi connectivity index (χ4n) is 4.81. The molecular weight excluding hydrogens is 326 g/mol. The van der Waals surface area contributed by atoms with Crippen molar-refractivity contribution >= 4 is 11.8 Å². The van der Waals surface area contributed by atoms with Crippen LogP contribution in [0.2, 0.25) is 0 Å². The van der Waals surface area contributed by atoms with Crippen molar-refractivity contribution in [2.75, 3.05) is 19.6 Å². The van der Waals surface area contributed by atoms with Gasteiger partial charge in [0.05, 0.1) is 0 Å². The lowest BCUT2D eigenvalue weighted by atomic mass is 9.94. The molecule has 1 saturated heterocycles. The number of fused-ring (bicyclic) bond motifs is 1. The van der Waals surface area contributed by atoms with Crippen LogP contribution in [0.15, 0.2) is 24.3 Å². The van der Waals surface area contributed by atoms with Crippen molar-refractivity contribution in [3.63, 3.8) is 0 Å². The average molecular weight is 355 g/mol. The van der Waals surface area contributed by atoms with Crippen molar-refractivity contribution < 1.29 is 9.59 Å². The molecule has 1 saturated carbocycles. The second-order valence-electron chi connectivity index (χ2n) is 7.87. The van der Waals surface area contributed by atoms with E-state index in [4.69, 9.17) is 0 Å². The second kappa shape index (κ2) is 7.78. The molecule has 0 radical (unpaired) electrons. The predicted molar refractivity (Wildman–Crippen MR) is 101 cm³/mol. The van der Waals surface area contributed by atoms with Gasteiger partial charge in [-0.3, -0.25) is 9.59 Å². The Hall–Kier alpha value is -1.88. The quantitative estimate of drug-likeness (QED) is 0.870. The molecule has 2 N–H and O–H groups in total. The fourth-order valence-corrected chi connectivity index (χ4v) is 4.81. The molecule has 5 nitrogen and oxygen atoms in total. The molecule has 0 aromatic heterocycles. The topological polar surface area (TPSA) is 61.4 Å². The molecule has 2 amide bonds. The van der Waals surface area contributed by atoms with Gasteiger partial charge >= 0.3 is 0 Å². The van der Waals surface area contributed by atoms with Crippen LogP contribution >= 0.6 is 0 Å². The van der Waals surface area contributed by atoms with E-state index in [-0.39, 0.29) is 29.8 Å². The highest BCUT2D eigenvalue weighted by molar-refractivity contribution is 5.89. The number of rotatable bonds is 4. The van der Waals surface area contributed by atoms with E-state index in [2.05, 4.69) is 34.9 Å². The van der Waals surface area contributed by atoms with Crippen LogP contribution in [-0.4, -0.2) is 42.4 Å². The van der Waals surface area contributed by atoms with E-state index in [0.717, 1.165) is 58.0 Å². The van der Waals surface area contributed by atoms with Crippen molar-refractivity contribution in [1.29, 1.82) is 0 Å². The molecule has 2 atom stereocenters. The zero-order valence-corrected chi connectivity index (χ0v) is 15.4. The third kappa shape index (κ3) is 3.50. The van der Waals surface area contributed by atoms with E-state index < -0.39 is 0 Å². The van der Waals surface area contributed by atoms with E-state index in [1.54, 1.807) is 0 Å². The minimum Gasteiger partial charge on any atom is -0.352 e. The number of likely N-dealkylation sites (tertiary alicyclic amines) is 1. The molecule has 2 fully saturated rings. The van der Waals surface area contributed by atoms with E-state index >= 15 is 0 Å². The highest BCUT2D eigenvalue weighted by Gasteiger charge is 2.37. The molecule has 0 spiro atoms. The minimum absolute atomic E-state index is 0.0127. The first-order valence-electron chi connectivity index (χ1n) is 10.1. The minimum atomic E-state index is -0.276. The molecule has 2 heterocycles. The van der Waals surface area contributed by atoms with Gasteiger partial charge in [0.1, 0.15) is 6.04 Å². The lowest BCUT2D eigenvalue weighted by Crippen LogP contribution is -2.49. The molecule has 1 aromatic carbocycles. The highest BCUT2D eigenvalue weighted by atomic mass is 16.2. The van der Waals surface area contributed by atoms with Crippen molar-refractivity contribution in [1.82, 2.24) is 15.5 Å². The Morgan fingerprint density at radius 3 is 2.77 bits per heavy atom. The Morgan fingerprint density at radius 2 is 1.92 bits per heavy atom. The lowest BCUT2D eigenvalue weighted by Gasteiger charge is -2.29. The van der Waals surface area contributed by atoms with Crippen molar-refractivity contribution in [3.05, 3.63) is 35.4 Å². The van der Waals surface area contributed by atoms with Crippen LogP contribution in [0.1, 0.15) is 55.7 Å². The summed E-state index contributed by atoms with van der Waals surface area (Å²) in [6, 6.07) is 8.32. The van der Waals surface area contributed by atoms with Crippen LogP contribution in [-0.2, 0) is 16.0 Å². The number of hydrogen-bond donors (Lipinski definition) is 2. The van der Waals surface area contributed by atoms with E-state index in [9.17, 15) is 9.59 Å². The first-order valence-corrected chi connectivity index (χ1v) is 10.1. The van der Waals surface area contributed by atoms with Gasteiger partial charge in [-0.05, 0) is 49.8 Å².